The van der Waals surface area contributed by atoms with E-state index in [1.807, 2.05) is 0 Å². The first-order valence-corrected chi connectivity index (χ1v) is 4.22. The van der Waals surface area contributed by atoms with Crippen molar-refractivity contribution in [2.24, 2.45) is 0 Å². The summed E-state index contributed by atoms with van der Waals surface area (Å²) in [6, 6.07) is 0.493. The molecule has 2 heteroatoms. The summed E-state index contributed by atoms with van der Waals surface area (Å²) in [7, 11) is 0. The van der Waals surface area contributed by atoms with Gasteiger partial charge in [-0.25, -0.2) is 0 Å². The molecule has 2 nitrogen and oxygen atoms in total. The molecule has 62 valence electrons. The second-order valence-electron chi connectivity index (χ2n) is 3.09. The second kappa shape index (κ2) is 3.56. The standard InChI is InChI=1S/C9H15NO/c1-3-7(2)10-8-4-5-9(11)6-8/h6-7,10H,3-5H2,1-2H3. The lowest BCUT2D eigenvalue weighted by atomic mass is 10.2. The Kier molecular flexibility index (Phi) is 2.69. The molecular weight excluding hydrogens is 138 g/mol. The highest BCUT2D eigenvalue weighted by atomic mass is 16.1. The molecule has 1 aliphatic carbocycles. The normalized spacial score (nSPS) is 19.8. The van der Waals surface area contributed by atoms with E-state index >= 15 is 0 Å². The third-order valence-corrected chi connectivity index (χ3v) is 2.02. The Bertz CT molecular complexity index is 184. The predicted molar refractivity (Wildman–Crippen MR) is 45.2 cm³/mol. The van der Waals surface area contributed by atoms with E-state index in [4.69, 9.17) is 0 Å². The minimum Gasteiger partial charge on any atom is -0.386 e. The first-order valence-electron chi connectivity index (χ1n) is 4.22. The van der Waals surface area contributed by atoms with E-state index in [1.54, 1.807) is 6.08 Å². The van der Waals surface area contributed by atoms with Crippen LogP contribution in [0.5, 0.6) is 0 Å². The van der Waals surface area contributed by atoms with Gasteiger partial charge in [0, 0.05) is 24.2 Å². The van der Waals surface area contributed by atoms with Crippen molar-refractivity contribution in [2.75, 3.05) is 0 Å². The second-order valence-corrected chi connectivity index (χ2v) is 3.09. The molecule has 0 aromatic carbocycles. The Hall–Kier alpha value is -0.790. The van der Waals surface area contributed by atoms with Crippen molar-refractivity contribution in [1.29, 1.82) is 0 Å². The van der Waals surface area contributed by atoms with Crippen molar-refractivity contribution < 1.29 is 4.79 Å². The molecule has 11 heavy (non-hydrogen) atoms. The van der Waals surface area contributed by atoms with Crippen LogP contribution in [0.15, 0.2) is 11.8 Å². The highest BCUT2D eigenvalue weighted by Crippen LogP contribution is 2.12. The molecule has 0 heterocycles. The van der Waals surface area contributed by atoms with Crippen molar-refractivity contribution in [3.05, 3.63) is 11.8 Å². The smallest absolute Gasteiger partial charge is 0.157 e. The van der Waals surface area contributed by atoms with Crippen molar-refractivity contribution >= 4 is 5.78 Å². The average molecular weight is 153 g/mol. The Morgan fingerprint density at radius 1 is 1.64 bits per heavy atom. The lowest BCUT2D eigenvalue weighted by Gasteiger charge is -2.12. The SMILES string of the molecule is CCC(C)NC1=CC(=O)CC1. The Morgan fingerprint density at radius 2 is 2.36 bits per heavy atom. The molecule has 0 aromatic heterocycles. The van der Waals surface area contributed by atoms with Crippen molar-refractivity contribution in [1.82, 2.24) is 5.32 Å². The molecular formula is C9H15NO. The summed E-state index contributed by atoms with van der Waals surface area (Å²) in [5.74, 6) is 0.260. The van der Waals surface area contributed by atoms with Gasteiger partial charge in [-0.1, -0.05) is 6.92 Å². The van der Waals surface area contributed by atoms with Crippen LogP contribution >= 0.6 is 0 Å². The van der Waals surface area contributed by atoms with Gasteiger partial charge >= 0.3 is 0 Å². The van der Waals surface area contributed by atoms with Gasteiger partial charge in [-0.2, -0.15) is 0 Å². The fourth-order valence-corrected chi connectivity index (χ4v) is 1.13. The molecule has 1 rings (SSSR count). The number of carbonyl (C=O) groups is 1. The Labute approximate surface area is 67.7 Å². The number of allylic oxidation sites excluding steroid dienone is 2. The molecule has 0 saturated heterocycles. The minimum atomic E-state index is 0.260. The molecule has 0 saturated carbocycles. The quantitative estimate of drug-likeness (QED) is 0.667. The molecule has 0 aromatic rings. The third kappa shape index (κ3) is 2.37. The highest BCUT2D eigenvalue weighted by molar-refractivity contribution is 5.92. The monoisotopic (exact) mass is 153 g/mol. The van der Waals surface area contributed by atoms with E-state index in [0.717, 1.165) is 18.5 Å². The number of carbonyl (C=O) groups excluding carboxylic acids is 1. The summed E-state index contributed by atoms with van der Waals surface area (Å²) in [5, 5.41) is 3.30. The maximum absolute atomic E-state index is 10.8. The van der Waals surface area contributed by atoms with Crippen LogP contribution in [-0.2, 0) is 4.79 Å². The van der Waals surface area contributed by atoms with E-state index in [2.05, 4.69) is 19.2 Å². The number of hydrogen-bond acceptors (Lipinski definition) is 2. The largest absolute Gasteiger partial charge is 0.386 e. The fourth-order valence-electron chi connectivity index (χ4n) is 1.13. The van der Waals surface area contributed by atoms with Crippen LogP contribution in [-0.4, -0.2) is 11.8 Å². The van der Waals surface area contributed by atoms with E-state index in [0.29, 0.717) is 12.5 Å². The summed E-state index contributed by atoms with van der Waals surface area (Å²) in [4.78, 5) is 10.8. The topological polar surface area (TPSA) is 29.1 Å². The first-order chi connectivity index (χ1) is 5.22. The van der Waals surface area contributed by atoms with Crippen LogP contribution in [0.4, 0.5) is 0 Å². The molecule has 1 aliphatic rings. The summed E-state index contributed by atoms with van der Waals surface area (Å²) in [5.41, 5.74) is 1.12. The number of hydrogen-bond donors (Lipinski definition) is 1. The molecule has 1 N–H and O–H groups in total. The van der Waals surface area contributed by atoms with Gasteiger partial charge in [-0.05, 0) is 19.8 Å². The molecule has 0 radical (unpaired) electrons. The molecule has 0 aliphatic heterocycles. The predicted octanol–water partition coefficient (Wildman–Crippen LogP) is 1.62. The van der Waals surface area contributed by atoms with Gasteiger partial charge < -0.3 is 5.32 Å². The zero-order chi connectivity index (χ0) is 8.27. The van der Waals surface area contributed by atoms with Crippen molar-refractivity contribution in [3.8, 4) is 0 Å². The third-order valence-electron chi connectivity index (χ3n) is 2.02. The van der Waals surface area contributed by atoms with Gasteiger partial charge in [-0.3, -0.25) is 4.79 Å². The zero-order valence-corrected chi connectivity index (χ0v) is 7.18. The van der Waals surface area contributed by atoms with Gasteiger partial charge in [0.15, 0.2) is 5.78 Å². The zero-order valence-electron chi connectivity index (χ0n) is 7.18. The first kappa shape index (κ1) is 8.31. The molecule has 0 bridgehead atoms. The van der Waals surface area contributed by atoms with Gasteiger partial charge in [0.05, 0.1) is 0 Å². The van der Waals surface area contributed by atoms with Crippen LogP contribution in [0, 0.1) is 0 Å². The number of nitrogens with one attached hydrogen (secondary N) is 1. The van der Waals surface area contributed by atoms with Crippen molar-refractivity contribution in [3.63, 3.8) is 0 Å². The molecule has 1 atom stereocenters. The maximum atomic E-state index is 10.8. The average Bonchev–Trinajstić information content (AvgIpc) is 2.35. The number of rotatable bonds is 3. The van der Waals surface area contributed by atoms with Crippen LogP contribution in [0.2, 0.25) is 0 Å². The fraction of sp³-hybridized carbons (Fsp3) is 0.667. The van der Waals surface area contributed by atoms with Crippen LogP contribution < -0.4 is 5.32 Å². The summed E-state index contributed by atoms with van der Waals surface area (Å²) in [6.45, 7) is 4.26. The van der Waals surface area contributed by atoms with E-state index < -0.39 is 0 Å². The van der Waals surface area contributed by atoms with Gasteiger partial charge in [0.2, 0.25) is 0 Å². The summed E-state index contributed by atoms with van der Waals surface area (Å²) >= 11 is 0. The van der Waals surface area contributed by atoms with Crippen molar-refractivity contribution in [2.45, 2.75) is 39.2 Å². The molecule has 0 fully saturated rings. The Morgan fingerprint density at radius 3 is 2.82 bits per heavy atom. The summed E-state index contributed by atoms with van der Waals surface area (Å²) < 4.78 is 0. The van der Waals surface area contributed by atoms with Crippen LogP contribution in [0.25, 0.3) is 0 Å². The Balaban J connectivity index is 2.38. The van der Waals surface area contributed by atoms with Crippen LogP contribution in [0.1, 0.15) is 33.1 Å². The van der Waals surface area contributed by atoms with Gasteiger partial charge in [-0.15, -0.1) is 0 Å². The van der Waals surface area contributed by atoms with E-state index in [-0.39, 0.29) is 5.78 Å². The maximum Gasteiger partial charge on any atom is 0.157 e. The minimum absolute atomic E-state index is 0.260. The number of ketones is 1. The van der Waals surface area contributed by atoms with Gasteiger partial charge in [0.1, 0.15) is 0 Å². The lowest BCUT2D eigenvalue weighted by Crippen LogP contribution is -2.23. The molecule has 0 spiro atoms. The summed E-state index contributed by atoms with van der Waals surface area (Å²) in [6.07, 6.45) is 4.43. The molecule has 1 unspecified atom stereocenters. The lowest BCUT2D eigenvalue weighted by molar-refractivity contribution is -0.114. The van der Waals surface area contributed by atoms with E-state index in [9.17, 15) is 4.79 Å². The highest BCUT2D eigenvalue weighted by Gasteiger charge is 2.12. The van der Waals surface area contributed by atoms with E-state index in [1.165, 1.54) is 0 Å². The van der Waals surface area contributed by atoms with Gasteiger partial charge in [0.25, 0.3) is 0 Å². The molecule has 0 amide bonds. The van der Waals surface area contributed by atoms with Crippen LogP contribution in [0.3, 0.4) is 0 Å².